The average Bonchev–Trinajstić information content (AvgIpc) is 3.01. The second-order valence-electron chi connectivity index (χ2n) is 5.99. The molecular weight excluding hydrogens is 338 g/mol. The number of rotatable bonds is 9. The molecule has 1 aromatic carbocycles. The van der Waals surface area contributed by atoms with E-state index in [1.807, 2.05) is 12.1 Å². The normalized spacial score (nSPS) is 11.0. The first-order valence-corrected chi connectivity index (χ1v) is 8.17. The maximum atomic E-state index is 11.7. The number of hydrogen-bond acceptors (Lipinski definition) is 7. The predicted molar refractivity (Wildman–Crippen MR) is 96.7 cm³/mol. The van der Waals surface area contributed by atoms with Crippen molar-refractivity contribution in [1.29, 1.82) is 0 Å². The maximum Gasteiger partial charge on any atom is 0.266 e. The summed E-state index contributed by atoms with van der Waals surface area (Å²) in [5.41, 5.74) is 0.756. The monoisotopic (exact) mass is 361 g/mol. The van der Waals surface area contributed by atoms with E-state index in [2.05, 4.69) is 29.5 Å². The number of hydrogen-bond donors (Lipinski definition) is 1. The highest BCUT2D eigenvalue weighted by Gasteiger charge is 2.07. The molecule has 0 aliphatic rings. The molecule has 2 aromatic rings. The van der Waals surface area contributed by atoms with Gasteiger partial charge in [-0.05, 0) is 31.0 Å². The molecule has 140 valence electrons. The molecule has 0 spiro atoms. The zero-order valence-electron chi connectivity index (χ0n) is 15.3. The number of aromatic nitrogens is 1. The van der Waals surface area contributed by atoms with E-state index in [9.17, 15) is 4.79 Å². The minimum Gasteiger partial charge on any atom is -0.493 e. The minimum atomic E-state index is -0.384. The average molecular weight is 361 g/mol. The van der Waals surface area contributed by atoms with E-state index in [1.54, 1.807) is 26.2 Å². The lowest BCUT2D eigenvalue weighted by Gasteiger charge is -2.12. The van der Waals surface area contributed by atoms with Crippen LogP contribution in [0.4, 0.5) is 5.82 Å². The Labute approximate surface area is 152 Å². The van der Waals surface area contributed by atoms with Gasteiger partial charge in [-0.2, -0.15) is 0 Å². The van der Waals surface area contributed by atoms with Gasteiger partial charge in [0.15, 0.2) is 23.9 Å². The Bertz CT molecular complexity index is 755. The zero-order valence-corrected chi connectivity index (χ0v) is 15.3. The summed E-state index contributed by atoms with van der Waals surface area (Å²) in [6.45, 7) is 6.24. The van der Waals surface area contributed by atoms with Crippen molar-refractivity contribution in [3.05, 3.63) is 35.6 Å². The van der Waals surface area contributed by atoms with Crippen molar-refractivity contribution < 1.29 is 23.6 Å². The Hall–Kier alpha value is -3.03. The van der Waals surface area contributed by atoms with Crippen LogP contribution in [0.15, 0.2) is 33.9 Å². The van der Waals surface area contributed by atoms with Gasteiger partial charge in [-0.15, -0.1) is 0 Å². The highest BCUT2D eigenvalue weighted by atomic mass is 16.6. The third kappa shape index (κ3) is 6.12. The minimum absolute atomic E-state index is 0.241. The number of nitrogens with one attached hydrogen (secondary N) is 1. The van der Waals surface area contributed by atoms with Crippen molar-refractivity contribution >= 4 is 17.9 Å². The second kappa shape index (κ2) is 9.45. The Morgan fingerprint density at radius 2 is 2.15 bits per heavy atom. The number of nitrogens with zero attached hydrogens (tertiary/aromatic N) is 2. The number of carbonyl (C=O) groups is 1. The Kier molecular flexibility index (Phi) is 7.02. The Morgan fingerprint density at radius 1 is 1.35 bits per heavy atom. The van der Waals surface area contributed by atoms with E-state index in [4.69, 9.17) is 18.8 Å². The fourth-order valence-corrected chi connectivity index (χ4v) is 1.94. The summed E-state index contributed by atoms with van der Waals surface area (Å²) in [5.74, 6) is 2.25. The lowest BCUT2D eigenvalue weighted by molar-refractivity contribution is -0.120. The first-order chi connectivity index (χ1) is 12.5. The standard InChI is InChI=1S/C18H23N3O5/c1-12(2)10-24-15-6-5-14(8-16(15)23-4)9-19-25-11-18(22)20-17-7-13(3)26-21-17/h5-9,12H,10-11H2,1-4H3,(H,20,21,22)/b19-9-. The molecule has 0 fully saturated rings. The van der Waals surface area contributed by atoms with Crippen LogP contribution in [-0.2, 0) is 9.63 Å². The van der Waals surface area contributed by atoms with Gasteiger partial charge in [-0.1, -0.05) is 24.2 Å². The summed E-state index contributed by atoms with van der Waals surface area (Å²) >= 11 is 0. The number of amides is 1. The van der Waals surface area contributed by atoms with E-state index in [0.717, 1.165) is 5.56 Å². The SMILES string of the molecule is COc1cc(/C=N\OCC(=O)Nc2cc(C)on2)ccc1OCC(C)C. The smallest absolute Gasteiger partial charge is 0.266 e. The molecule has 0 unspecified atom stereocenters. The van der Waals surface area contributed by atoms with E-state index >= 15 is 0 Å². The summed E-state index contributed by atoms with van der Waals surface area (Å²) < 4.78 is 15.9. The molecule has 26 heavy (non-hydrogen) atoms. The molecule has 0 radical (unpaired) electrons. The third-order valence-corrected chi connectivity index (χ3v) is 3.13. The lowest BCUT2D eigenvalue weighted by Crippen LogP contribution is -2.17. The van der Waals surface area contributed by atoms with Crippen LogP contribution in [-0.4, -0.2) is 37.6 Å². The van der Waals surface area contributed by atoms with Crippen LogP contribution in [0.3, 0.4) is 0 Å². The summed E-state index contributed by atoms with van der Waals surface area (Å²) in [4.78, 5) is 16.7. The van der Waals surface area contributed by atoms with Gasteiger partial charge in [0.2, 0.25) is 0 Å². The Balaban J connectivity index is 1.84. The molecule has 1 aromatic heterocycles. The molecule has 2 rings (SSSR count). The fraction of sp³-hybridized carbons (Fsp3) is 0.389. The molecule has 8 nitrogen and oxygen atoms in total. The molecular formula is C18H23N3O5. The van der Waals surface area contributed by atoms with Gasteiger partial charge < -0.3 is 24.2 Å². The van der Waals surface area contributed by atoms with Gasteiger partial charge in [0.1, 0.15) is 5.76 Å². The summed E-state index contributed by atoms with van der Waals surface area (Å²) in [5, 5.41) is 9.97. The molecule has 0 bridgehead atoms. The third-order valence-electron chi connectivity index (χ3n) is 3.13. The molecule has 1 heterocycles. The zero-order chi connectivity index (χ0) is 18.9. The molecule has 1 N–H and O–H groups in total. The first kappa shape index (κ1) is 19.3. The molecule has 8 heteroatoms. The Morgan fingerprint density at radius 3 is 2.81 bits per heavy atom. The van der Waals surface area contributed by atoms with Crippen LogP contribution in [0.2, 0.25) is 0 Å². The van der Waals surface area contributed by atoms with Crippen LogP contribution in [0.25, 0.3) is 0 Å². The topological polar surface area (TPSA) is 95.2 Å². The summed E-state index contributed by atoms with van der Waals surface area (Å²) in [6.07, 6.45) is 1.49. The number of aryl methyl sites for hydroxylation is 1. The van der Waals surface area contributed by atoms with Crippen molar-refractivity contribution in [2.75, 3.05) is 25.6 Å². The van der Waals surface area contributed by atoms with Gasteiger partial charge in [0, 0.05) is 11.6 Å². The largest absolute Gasteiger partial charge is 0.493 e. The van der Waals surface area contributed by atoms with Crippen LogP contribution in [0.1, 0.15) is 25.2 Å². The number of oxime groups is 1. The lowest BCUT2D eigenvalue weighted by atomic mass is 10.2. The molecule has 1 amide bonds. The van der Waals surface area contributed by atoms with E-state index in [-0.39, 0.29) is 12.5 Å². The molecule has 0 aliphatic carbocycles. The number of carbonyl (C=O) groups excluding carboxylic acids is 1. The highest BCUT2D eigenvalue weighted by Crippen LogP contribution is 2.28. The summed E-state index contributed by atoms with van der Waals surface area (Å²) in [7, 11) is 1.57. The first-order valence-electron chi connectivity index (χ1n) is 8.17. The second-order valence-corrected chi connectivity index (χ2v) is 5.99. The van der Waals surface area contributed by atoms with Gasteiger partial charge >= 0.3 is 0 Å². The van der Waals surface area contributed by atoms with Crippen molar-refractivity contribution in [3.8, 4) is 11.5 Å². The quantitative estimate of drug-likeness (QED) is 0.545. The number of benzene rings is 1. The van der Waals surface area contributed by atoms with Gasteiger partial charge in [-0.25, -0.2) is 0 Å². The number of anilines is 1. The summed E-state index contributed by atoms with van der Waals surface area (Å²) in [6, 6.07) is 7.02. The predicted octanol–water partition coefficient (Wildman–Crippen LogP) is 3.02. The fourth-order valence-electron chi connectivity index (χ4n) is 1.94. The molecule has 0 aliphatic heterocycles. The van der Waals surface area contributed by atoms with Crippen LogP contribution in [0, 0.1) is 12.8 Å². The van der Waals surface area contributed by atoms with Crippen molar-refractivity contribution in [3.63, 3.8) is 0 Å². The van der Waals surface area contributed by atoms with Crippen molar-refractivity contribution in [2.45, 2.75) is 20.8 Å². The highest BCUT2D eigenvalue weighted by molar-refractivity contribution is 5.90. The molecule has 0 saturated heterocycles. The van der Waals surface area contributed by atoms with Crippen LogP contribution in [0.5, 0.6) is 11.5 Å². The van der Waals surface area contributed by atoms with Gasteiger partial charge in [-0.3, -0.25) is 4.79 Å². The van der Waals surface area contributed by atoms with Crippen LogP contribution >= 0.6 is 0 Å². The molecule has 0 saturated carbocycles. The van der Waals surface area contributed by atoms with E-state index in [0.29, 0.717) is 35.6 Å². The van der Waals surface area contributed by atoms with E-state index in [1.165, 1.54) is 6.21 Å². The number of methoxy groups -OCH3 is 1. The molecule has 0 atom stereocenters. The van der Waals surface area contributed by atoms with Crippen LogP contribution < -0.4 is 14.8 Å². The van der Waals surface area contributed by atoms with Gasteiger partial charge in [0.05, 0.1) is 19.9 Å². The van der Waals surface area contributed by atoms with Crippen molar-refractivity contribution in [1.82, 2.24) is 5.16 Å². The van der Waals surface area contributed by atoms with E-state index < -0.39 is 0 Å². The van der Waals surface area contributed by atoms with Gasteiger partial charge in [0.25, 0.3) is 5.91 Å². The number of ether oxygens (including phenoxy) is 2. The maximum absolute atomic E-state index is 11.7. The van der Waals surface area contributed by atoms with Crippen molar-refractivity contribution in [2.24, 2.45) is 11.1 Å².